The average molecular weight is 258 g/mol. The summed E-state index contributed by atoms with van der Waals surface area (Å²) in [6.45, 7) is 0.209. The number of anilines is 1. The highest BCUT2D eigenvalue weighted by Crippen LogP contribution is 2.32. The summed E-state index contributed by atoms with van der Waals surface area (Å²) in [7, 11) is 0. The molecule has 0 unspecified atom stereocenters. The molecule has 0 aliphatic heterocycles. The van der Waals surface area contributed by atoms with Crippen LogP contribution in [0.1, 0.15) is 0 Å². The van der Waals surface area contributed by atoms with Gasteiger partial charge in [-0.3, -0.25) is 0 Å². The van der Waals surface area contributed by atoms with Crippen molar-refractivity contribution in [2.24, 2.45) is 0 Å². The van der Waals surface area contributed by atoms with Gasteiger partial charge in [0.2, 0.25) is 0 Å². The topological polar surface area (TPSA) is 53.1 Å². The number of aromatic nitrogens is 2. The minimum atomic E-state index is 0.209. The molecule has 1 aromatic carbocycles. The molecule has 6 heteroatoms. The van der Waals surface area contributed by atoms with Crippen LogP contribution < -0.4 is 10.5 Å². The van der Waals surface area contributed by atoms with Gasteiger partial charge in [0.15, 0.2) is 12.5 Å². The zero-order valence-electron chi connectivity index (χ0n) is 8.23. The summed E-state index contributed by atoms with van der Waals surface area (Å²) in [5.41, 5.74) is 5.47. The predicted molar refractivity (Wildman–Crippen MR) is 63.7 cm³/mol. The van der Waals surface area contributed by atoms with E-state index < -0.39 is 0 Å². The Bertz CT molecular complexity index is 478. The van der Waals surface area contributed by atoms with E-state index in [2.05, 4.69) is 5.10 Å². The molecule has 1 heterocycles. The van der Waals surface area contributed by atoms with E-state index in [1.165, 1.54) is 0 Å². The molecule has 0 fully saturated rings. The van der Waals surface area contributed by atoms with E-state index >= 15 is 0 Å². The maximum Gasteiger partial charge on any atom is 0.181 e. The van der Waals surface area contributed by atoms with E-state index in [1.807, 2.05) is 0 Å². The van der Waals surface area contributed by atoms with Crippen LogP contribution in [0.2, 0.25) is 10.0 Å². The number of benzene rings is 1. The van der Waals surface area contributed by atoms with Crippen LogP contribution in [0.4, 0.5) is 5.82 Å². The highest BCUT2D eigenvalue weighted by molar-refractivity contribution is 6.37. The van der Waals surface area contributed by atoms with Crippen molar-refractivity contribution >= 4 is 29.0 Å². The van der Waals surface area contributed by atoms with Crippen molar-refractivity contribution in [3.63, 3.8) is 0 Å². The first kappa shape index (κ1) is 11.1. The first-order valence-electron chi connectivity index (χ1n) is 4.52. The summed E-state index contributed by atoms with van der Waals surface area (Å²) in [5.74, 6) is 0.883. The molecule has 2 aromatic rings. The number of hydrogen-bond donors (Lipinski definition) is 1. The second kappa shape index (κ2) is 4.63. The number of ether oxygens (including phenoxy) is 1. The van der Waals surface area contributed by atoms with Gasteiger partial charge in [-0.2, -0.15) is 5.10 Å². The first-order chi connectivity index (χ1) is 7.66. The van der Waals surface area contributed by atoms with Gasteiger partial charge in [-0.05, 0) is 12.1 Å². The van der Waals surface area contributed by atoms with Crippen molar-refractivity contribution in [2.45, 2.75) is 6.73 Å². The van der Waals surface area contributed by atoms with E-state index in [0.29, 0.717) is 21.6 Å². The molecular formula is C10H9Cl2N3O. The number of nitrogens with two attached hydrogens (primary N) is 1. The molecule has 0 aliphatic carbocycles. The fraction of sp³-hybridized carbons (Fsp3) is 0.100. The van der Waals surface area contributed by atoms with Gasteiger partial charge in [0.25, 0.3) is 0 Å². The Balaban J connectivity index is 2.10. The molecule has 16 heavy (non-hydrogen) atoms. The number of halogens is 2. The maximum absolute atomic E-state index is 5.94. The summed E-state index contributed by atoms with van der Waals surface area (Å²) < 4.78 is 7.00. The van der Waals surface area contributed by atoms with Crippen molar-refractivity contribution in [1.82, 2.24) is 9.78 Å². The Morgan fingerprint density at radius 2 is 1.94 bits per heavy atom. The third kappa shape index (κ3) is 2.40. The second-order valence-electron chi connectivity index (χ2n) is 3.10. The van der Waals surface area contributed by atoms with Crippen LogP contribution in [0.5, 0.6) is 5.75 Å². The minimum Gasteiger partial charge on any atom is -0.468 e. The number of nitrogen functional groups attached to an aromatic ring is 1. The van der Waals surface area contributed by atoms with E-state index in [9.17, 15) is 0 Å². The van der Waals surface area contributed by atoms with E-state index in [-0.39, 0.29) is 6.73 Å². The molecule has 0 spiro atoms. The normalized spacial score (nSPS) is 10.4. The van der Waals surface area contributed by atoms with Crippen molar-refractivity contribution in [1.29, 1.82) is 0 Å². The van der Waals surface area contributed by atoms with Gasteiger partial charge < -0.3 is 10.5 Å². The lowest BCUT2D eigenvalue weighted by Crippen LogP contribution is -2.06. The number of rotatable bonds is 3. The lowest BCUT2D eigenvalue weighted by atomic mass is 10.3. The molecule has 0 aliphatic rings. The molecule has 0 atom stereocenters. The Hall–Kier alpha value is -1.39. The SMILES string of the molecule is Nc1ccn(COc2c(Cl)cccc2Cl)n1. The van der Waals surface area contributed by atoms with Crippen molar-refractivity contribution < 1.29 is 4.74 Å². The summed E-state index contributed by atoms with van der Waals surface area (Å²) >= 11 is 11.9. The largest absolute Gasteiger partial charge is 0.468 e. The smallest absolute Gasteiger partial charge is 0.181 e. The van der Waals surface area contributed by atoms with E-state index in [0.717, 1.165) is 0 Å². The maximum atomic E-state index is 5.94. The molecule has 0 bridgehead atoms. The third-order valence-corrected chi connectivity index (χ3v) is 2.52. The molecular weight excluding hydrogens is 249 g/mol. The lowest BCUT2D eigenvalue weighted by molar-refractivity contribution is 0.222. The molecule has 4 nitrogen and oxygen atoms in total. The van der Waals surface area contributed by atoms with Gasteiger partial charge in [-0.25, -0.2) is 4.68 Å². The van der Waals surface area contributed by atoms with Crippen LogP contribution >= 0.6 is 23.2 Å². The molecule has 2 N–H and O–H groups in total. The molecule has 0 saturated heterocycles. The first-order valence-corrected chi connectivity index (χ1v) is 5.28. The van der Waals surface area contributed by atoms with Crippen LogP contribution in [0.25, 0.3) is 0 Å². The van der Waals surface area contributed by atoms with E-state index in [1.54, 1.807) is 35.1 Å². The lowest BCUT2D eigenvalue weighted by Gasteiger charge is -2.09. The number of nitrogens with zero attached hydrogens (tertiary/aromatic N) is 2. The van der Waals surface area contributed by atoms with Gasteiger partial charge in [-0.1, -0.05) is 29.3 Å². The quantitative estimate of drug-likeness (QED) is 0.920. The predicted octanol–water partition coefficient (Wildman–Crippen LogP) is 2.81. The van der Waals surface area contributed by atoms with Crippen LogP contribution in [-0.4, -0.2) is 9.78 Å². The highest BCUT2D eigenvalue weighted by atomic mass is 35.5. The van der Waals surface area contributed by atoms with Crippen molar-refractivity contribution in [3.05, 3.63) is 40.5 Å². The fourth-order valence-electron chi connectivity index (χ4n) is 1.20. The summed E-state index contributed by atoms with van der Waals surface area (Å²) in [6, 6.07) is 6.85. The molecule has 0 amide bonds. The van der Waals surface area contributed by atoms with Gasteiger partial charge in [0, 0.05) is 12.3 Å². The Kier molecular flexibility index (Phi) is 3.22. The van der Waals surface area contributed by atoms with Crippen LogP contribution in [0, 0.1) is 0 Å². The average Bonchev–Trinajstić information content (AvgIpc) is 2.63. The van der Waals surface area contributed by atoms with Gasteiger partial charge >= 0.3 is 0 Å². The summed E-state index contributed by atoms with van der Waals surface area (Å²) in [5, 5.41) is 4.90. The molecule has 0 saturated carbocycles. The summed E-state index contributed by atoms with van der Waals surface area (Å²) in [6.07, 6.45) is 1.71. The van der Waals surface area contributed by atoms with Crippen molar-refractivity contribution in [2.75, 3.05) is 5.73 Å². The van der Waals surface area contributed by atoms with Crippen LogP contribution in [0.15, 0.2) is 30.5 Å². The molecule has 0 radical (unpaired) electrons. The van der Waals surface area contributed by atoms with E-state index in [4.69, 9.17) is 33.7 Å². The van der Waals surface area contributed by atoms with Gasteiger partial charge in [0.05, 0.1) is 10.0 Å². The van der Waals surface area contributed by atoms with Crippen molar-refractivity contribution in [3.8, 4) is 5.75 Å². The monoisotopic (exact) mass is 257 g/mol. The Morgan fingerprint density at radius 3 is 2.50 bits per heavy atom. The van der Waals surface area contributed by atoms with Crippen LogP contribution in [-0.2, 0) is 6.73 Å². The number of para-hydroxylation sites is 1. The fourth-order valence-corrected chi connectivity index (χ4v) is 1.71. The standard InChI is InChI=1S/C10H9Cl2N3O/c11-7-2-1-3-8(12)10(7)16-6-15-5-4-9(13)14-15/h1-5H,6H2,(H2,13,14). The zero-order chi connectivity index (χ0) is 11.5. The Morgan fingerprint density at radius 1 is 1.25 bits per heavy atom. The second-order valence-corrected chi connectivity index (χ2v) is 3.92. The molecule has 2 rings (SSSR count). The summed E-state index contributed by atoms with van der Waals surface area (Å²) in [4.78, 5) is 0. The van der Waals surface area contributed by atoms with Gasteiger partial charge in [-0.15, -0.1) is 0 Å². The Labute approximate surface area is 103 Å². The molecule has 1 aromatic heterocycles. The minimum absolute atomic E-state index is 0.209. The number of hydrogen-bond acceptors (Lipinski definition) is 3. The molecule has 84 valence electrons. The third-order valence-electron chi connectivity index (χ3n) is 1.92. The van der Waals surface area contributed by atoms with Gasteiger partial charge in [0.1, 0.15) is 5.82 Å². The van der Waals surface area contributed by atoms with Crippen LogP contribution in [0.3, 0.4) is 0 Å². The highest BCUT2D eigenvalue weighted by Gasteiger charge is 2.06. The zero-order valence-corrected chi connectivity index (χ0v) is 9.74.